The zero-order chi connectivity index (χ0) is 24.1. The van der Waals surface area contributed by atoms with Crippen LogP contribution in [0.2, 0.25) is 0 Å². The van der Waals surface area contributed by atoms with Gasteiger partial charge < -0.3 is 24.4 Å². The molecule has 0 bridgehead atoms. The van der Waals surface area contributed by atoms with Crippen molar-refractivity contribution in [1.82, 2.24) is 9.88 Å². The van der Waals surface area contributed by atoms with E-state index in [1.807, 2.05) is 12.1 Å². The lowest BCUT2D eigenvalue weighted by molar-refractivity contribution is -0.199. The molecule has 0 amide bonds. The molecule has 34 heavy (non-hydrogen) atoms. The summed E-state index contributed by atoms with van der Waals surface area (Å²) in [6, 6.07) is 3.81. The Balaban J connectivity index is 1.46. The van der Waals surface area contributed by atoms with Gasteiger partial charge in [-0.15, -0.1) is 0 Å². The van der Waals surface area contributed by atoms with Crippen LogP contribution < -0.4 is 14.8 Å². The maximum Gasteiger partial charge on any atom is 0.490 e. The fourth-order valence-electron chi connectivity index (χ4n) is 4.66. The average molecular weight is 482 g/mol. The Morgan fingerprint density at radius 2 is 1.85 bits per heavy atom. The van der Waals surface area contributed by atoms with E-state index in [-0.39, 0.29) is 6.54 Å². The van der Waals surface area contributed by atoms with E-state index >= 15 is 0 Å². The number of hydrogen-bond donors (Lipinski definition) is 1. The first-order chi connectivity index (χ1) is 16.4. The number of rotatable bonds is 10. The number of aromatic nitrogens is 1. The number of alkyl halides is 3. The van der Waals surface area contributed by atoms with Crippen molar-refractivity contribution < 1.29 is 32.2 Å². The van der Waals surface area contributed by atoms with Gasteiger partial charge in [-0.05, 0) is 68.8 Å². The van der Waals surface area contributed by atoms with Crippen LogP contribution >= 0.6 is 0 Å². The van der Waals surface area contributed by atoms with Crippen LogP contribution in [0.3, 0.4) is 0 Å². The lowest BCUT2D eigenvalue weighted by atomic mass is 10.0. The van der Waals surface area contributed by atoms with E-state index in [9.17, 15) is 18.0 Å². The second-order valence-corrected chi connectivity index (χ2v) is 8.60. The highest BCUT2D eigenvalue weighted by Crippen LogP contribution is 2.39. The number of carbonyl (C=O) groups excluding carboxylic acids is 1. The summed E-state index contributed by atoms with van der Waals surface area (Å²) in [6.07, 6.45) is 1.11. The Kier molecular flexibility index (Phi) is 7.65. The number of halogens is 3. The van der Waals surface area contributed by atoms with E-state index in [0.29, 0.717) is 23.9 Å². The van der Waals surface area contributed by atoms with E-state index in [4.69, 9.17) is 14.5 Å². The first kappa shape index (κ1) is 24.4. The highest BCUT2D eigenvalue weighted by molar-refractivity contribution is 5.89. The molecule has 1 aromatic carbocycles. The van der Waals surface area contributed by atoms with Crippen molar-refractivity contribution in [2.45, 2.75) is 44.7 Å². The van der Waals surface area contributed by atoms with Gasteiger partial charge in [-0.3, -0.25) is 0 Å². The second-order valence-electron chi connectivity index (χ2n) is 8.60. The van der Waals surface area contributed by atoms with Gasteiger partial charge in [-0.2, -0.15) is 13.2 Å². The van der Waals surface area contributed by atoms with Crippen LogP contribution in [0.4, 0.5) is 19.0 Å². The summed E-state index contributed by atoms with van der Waals surface area (Å²) >= 11 is 0. The number of nitrogens with one attached hydrogen (secondary N) is 1. The van der Waals surface area contributed by atoms with E-state index in [1.54, 1.807) is 7.11 Å². The number of carbonyl (C=O) groups is 1. The number of likely N-dealkylation sites (tertiary alicyclic amines) is 1. The Morgan fingerprint density at radius 1 is 1.09 bits per heavy atom. The van der Waals surface area contributed by atoms with Crippen molar-refractivity contribution in [3.05, 3.63) is 23.3 Å². The fourth-order valence-corrected chi connectivity index (χ4v) is 4.66. The fraction of sp³-hybridized carbons (Fsp3) is 0.583. The van der Waals surface area contributed by atoms with Crippen molar-refractivity contribution >= 4 is 22.7 Å². The number of anilines is 1. The smallest absolute Gasteiger partial charge is 0.490 e. The lowest BCUT2D eigenvalue weighted by Gasteiger charge is -2.17. The molecular formula is C24H30F3N3O4. The molecule has 1 aromatic heterocycles. The van der Waals surface area contributed by atoms with E-state index in [2.05, 4.69) is 15.0 Å². The Bertz CT molecular complexity index is 1020. The standard InChI is InChI=1S/C24H30F3N3O4/c1-32-20-14-18-16-6-4-7-17(16)22(28-8-13-34-23(31)24(25,26)27)29-19(18)15-21(20)33-12-5-11-30-9-2-3-10-30/h14-15H,2-13H2,1H3,(H,28,29). The predicted molar refractivity (Wildman–Crippen MR) is 122 cm³/mol. The molecule has 2 aliphatic rings. The zero-order valence-electron chi connectivity index (χ0n) is 19.3. The van der Waals surface area contributed by atoms with Crippen molar-refractivity contribution in [2.75, 3.05) is 51.8 Å². The number of fused-ring (bicyclic) bond motifs is 3. The molecule has 0 atom stereocenters. The monoisotopic (exact) mass is 481 g/mol. The Morgan fingerprint density at radius 3 is 2.59 bits per heavy atom. The summed E-state index contributed by atoms with van der Waals surface area (Å²) in [6.45, 7) is 3.51. The van der Waals surface area contributed by atoms with E-state index in [0.717, 1.165) is 67.3 Å². The molecule has 1 aliphatic heterocycles. The first-order valence-corrected chi connectivity index (χ1v) is 11.7. The van der Waals surface area contributed by atoms with E-state index in [1.165, 1.54) is 12.8 Å². The SMILES string of the molecule is COc1cc2c3c(c(NCCOC(=O)C(F)(F)F)nc2cc1OCCCN1CCCC1)CCC3. The third-order valence-corrected chi connectivity index (χ3v) is 6.28. The summed E-state index contributed by atoms with van der Waals surface area (Å²) in [5, 5.41) is 4.03. The van der Waals surface area contributed by atoms with Crippen LogP contribution in [-0.4, -0.2) is 68.5 Å². The number of aryl methyl sites for hydroxylation is 1. The van der Waals surface area contributed by atoms with Gasteiger partial charge >= 0.3 is 12.1 Å². The van der Waals surface area contributed by atoms with Crippen LogP contribution in [0.1, 0.15) is 36.8 Å². The molecule has 2 heterocycles. The number of pyridine rings is 1. The Labute approximate surface area is 196 Å². The molecule has 186 valence electrons. The van der Waals surface area contributed by atoms with E-state index < -0.39 is 18.8 Å². The molecule has 0 saturated carbocycles. The summed E-state index contributed by atoms with van der Waals surface area (Å²) in [5.41, 5.74) is 2.92. The minimum atomic E-state index is -4.99. The number of nitrogens with zero attached hydrogens (tertiary/aromatic N) is 2. The Hall–Kier alpha value is -2.75. The second kappa shape index (κ2) is 10.7. The molecule has 1 fully saturated rings. The minimum absolute atomic E-state index is 0.0305. The highest BCUT2D eigenvalue weighted by Gasteiger charge is 2.40. The number of methoxy groups -OCH3 is 1. The van der Waals surface area contributed by atoms with Crippen LogP contribution in [-0.2, 0) is 22.4 Å². The average Bonchev–Trinajstić information content (AvgIpc) is 3.50. The van der Waals surface area contributed by atoms with Crippen LogP contribution in [0.5, 0.6) is 11.5 Å². The normalized spacial score (nSPS) is 16.0. The predicted octanol–water partition coefficient (Wildman–Crippen LogP) is 4.11. The maximum atomic E-state index is 12.3. The number of esters is 1. The van der Waals surface area contributed by atoms with Crippen LogP contribution in [0, 0.1) is 0 Å². The van der Waals surface area contributed by atoms with Gasteiger partial charge in [0, 0.05) is 18.0 Å². The highest BCUT2D eigenvalue weighted by atomic mass is 19.4. The van der Waals surface area contributed by atoms with Crippen molar-refractivity contribution in [2.24, 2.45) is 0 Å². The lowest BCUT2D eigenvalue weighted by Crippen LogP contribution is -2.27. The van der Waals surface area contributed by atoms with Crippen LogP contribution in [0.15, 0.2) is 12.1 Å². The topological polar surface area (TPSA) is 72.9 Å². The summed E-state index contributed by atoms with van der Waals surface area (Å²) in [4.78, 5) is 18.1. The van der Waals surface area contributed by atoms with Crippen molar-refractivity contribution in [3.63, 3.8) is 0 Å². The van der Waals surface area contributed by atoms with Gasteiger partial charge in [0.25, 0.3) is 0 Å². The third kappa shape index (κ3) is 5.65. The quantitative estimate of drug-likeness (QED) is 0.404. The van der Waals surface area contributed by atoms with Gasteiger partial charge in [0.2, 0.25) is 0 Å². The van der Waals surface area contributed by atoms with Gasteiger partial charge in [0.05, 0.1) is 25.8 Å². The first-order valence-electron chi connectivity index (χ1n) is 11.7. The molecule has 0 unspecified atom stereocenters. The molecular weight excluding hydrogens is 451 g/mol. The molecule has 7 nitrogen and oxygen atoms in total. The third-order valence-electron chi connectivity index (χ3n) is 6.28. The molecule has 2 aromatic rings. The molecule has 1 saturated heterocycles. The largest absolute Gasteiger partial charge is 0.493 e. The van der Waals surface area contributed by atoms with Gasteiger partial charge in [0.1, 0.15) is 12.4 Å². The molecule has 1 N–H and O–H groups in total. The zero-order valence-corrected chi connectivity index (χ0v) is 19.3. The summed E-state index contributed by atoms with van der Waals surface area (Å²) < 4.78 is 52.8. The molecule has 10 heteroatoms. The summed E-state index contributed by atoms with van der Waals surface area (Å²) in [7, 11) is 1.62. The number of benzene rings is 1. The summed E-state index contributed by atoms with van der Waals surface area (Å²) in [5.74, 6) is -0.311. The molecule has 4 rings (SSSR count). The maximum absolute atomic E-state index is 12.3. The molecule has 1 aliphatic carbocycles. The number of ether oxygens (including phenoxy) is 3. The molecule has 0 spiro atoms. The number of hydrogen-bond acceptors (Lipinski definition) is 7. The van der Waals surface area contributed by atoms with Gasteiger partial charge in [-0.25, -0.2) is 9.78 Å². The van der Waals surface area contributed by atoms with Gasteiger partial charge in [-0.1, -0.05) is 0 Å². The van der Waals surface area contributed by atoms with Crippen molar-refractivity contribution in [3.8, 4) is 11.5 Å². The minimum Gasteiger partial charge on any atom is -0.493 e. The van der Waals surface area contributed by atoms with Gasteiger partial charge in [0.15, 0.2) is 11.5 Å². The van der Waals surface area contributed by atoms with Crippen molar-refractivity contribution in [1.29, 1.82) is 0 Å². The molecule has 0 radical (unpaired) electrons. The van der Waals surface area contributed by atoms with Crippen LogP contribution in [0.25, 0.3) is 10.9 Å².